The van der Waals surface area contributed by atoms with Crippen LogP contribution in [0.3, 0.4) is 0 Å². The molecule has 0 atom stereocenters. The normalized spacial score (nSPS) is 10.5. The van der Waals surface area contributed by atoms with E-state index in [0.717, 1.165) is 5.75 Å². The fraction of sp³-hybridized carbons (Fsp3) is 0.278. The van der Waals surface area contributed by atoms with Crippen LogP contribution in [-0.4, -0.2) is 19.5 Å². The first-order valence-corrected chi connectivity index (χ1v) is 7.00. The van der Waals surface area contributed by atoms with Crippen LogP contribution in [0.1, 0.15) is 35.7 Å². The van der Waals surface area contributed by atoms with Crippen molar-refractivity contribution in [3.8, 4) is 11.5 Å². The van der Waals surface area contributed by atoms with Crippen molar-refractivity contribution in [3.05, 3.63) is 59.7 Å². The van der Waals surface area contributed by atoms with Crippen LogP contribution in [0.25, 0.3) is 0 Å². The highest BCUT2D eigenvalue weighted by Gasteiger charge is 2.08. The summed E-state index contributed by atoms with van der Waals surface area (Å²) in [6, 6.07) is 14.9. The molecule has 0 spiro atoms. The standard InChI is InChI=1S/C18H20O3/c1-13(2)14-6-4-9-17(10-14)21-12-18(19)15-7-5-8-16(11-15)20-3/h4-11,13H,12H2,1-3H3. The maximum absolute atomic E-state index is 12.1. The number of Topliss-reactive ketones (excluding diaryl/α,β-unsaturated/α-hetero) is 1. The SMILES string of the molecule is COc1cccc(C(=O)COc2cccc(C(C)C)c2)c1. The van der Waals surface area contributed by atoms with Crippen molar-refractivity contribution in [2.24, 2.45) is 0 Å². The van der Waals surface area contributed by atoms with E-state index in [1.165, 1.54) is 5.56 Å². The first kappa shape index (κ1) is 15.1. The second-order valence-electron chi connectivity index (χ2n) is 5.17. The van der Waals surface area contributed by atoms with Gasteiger partial charge < -0.3 is 9.47 Å². The number of hydrogen-bond acceptors (Lipinski definition) is 3. The summed E-state index contributed by atoms with van der Waals surface area (Å²) in [4.78, 5) is 12.1. The predicted molar refractivity (Wildman–Crippen MR) is 83.4 cm³/mol. The molecule has 0 fully saturated rings. The van der Waals surface area contributed by atoms with Gasteiger partial charge in [-0.15, -0.1) is 0 Å². The number of methoxy groups -OCH3 is 1. The maximum atomic E-state index is 12.1. The Kier molecular flexibility index (Phi) is 4.99. The summed E-state index contributed by atoms with van der Waals surface area (Å²) in [6.45, 7) is 4.27. The summed E-state index contributed by atoms with van der Waals surface area (Å²) in [5.41, 5.74) is 1.79. The molecule has 0 aromatic heterocycles. The largest absolute Gasteiger partial charge is 0.497 e. The molecule has 0 N–H and O–H groups in total. The molecule has 0 aliphatic heterocycles. The molecule has 0 amide bonds. The first-order valence-electron chi connectivity index (χ1n) is 7.00. The molecule has 21 heavy (non-hydrogen) atoms. The highest BCUT2D eigenvalue weighted by atomic mass is 16.5. The second-order valence-corrected chi connectivity index (χ2v) is 5.17. The molecule has 3 nitrogen and oxygen atoms in total. The summed E-state index contributed by atoms with van der Waals surface area (Å²) >= 11 is 0. The van der Waals surface area contributed by atoms with Crippen molar-refractivity contribution in [2.75, 3.05) is 13.7 Å². The average Bonchev–Trinajstić information content (AvgIpc) is 2.53. The van der Waals surface area contributed by atoms with Gasteiger partial charge in [-0.1, -0.05) is 38.1 Å². The third-order valence-corrected chi connectivity index (χ3v) is 3.29. The van der Waals surface area contributed by atoms with E-state index in [1.807, 2.05) is 24.3 Å². The quantitative estimate of drug-likeness (QED) is 0.750. The molecule has 0 aliphatic carbocycles. The van der Waals surface area contributed by atoms with Gasteiger partial charge in [-0.05, 0) is 35.7 Å². The van der Waals surface area contributed by atoms with E-state index < -0.39 is 0 Å². The predicted octanol–water partition coefficient (Wildman–Crippen LogP) is 4.08. The van der Waals surface area contributed by atoms with E-state index in [0.29, 0.717) is 17.2 Å². The van der Waals surface area contributed by atoms with Crippen LogP contribution in [0.4, 0.5) is 0 Å². The number of benzene rings is 2. The minimum atomic E-state index is -0.0659. The van der Waals surface area contributed by atoms with E-state index in [9.17, 15) is 4.79 Å². The summed E-state index contributed by atoms with van der Waals surface area (Å²) in [5, 5.41) is 0. The molecule has 0 bridgehead atoms. The highest BCUT2D eigenvalue weighted by molar-refractivity contribution is 5.97. The average molecular weight is 284 g/mol. The van der Waals surface area contributed by atoms with Crippen LogP contribution in [0.2, 0.25) is 0 Å². The topological polar surface area (TPSA) is 35.5 Å². The molecule has 3 heteroatoms. The first-order chi connectivity index (χ1) is 10.1. The summed E-state index contributed by atoms with van der Waals surface area (Å²) in [5.74, 6) is 1.76. The van der Waals surface area contributed by atoms with Crippen molar-refractivity contribution in [1.82, 2.24) is 0 Å². The molecule has 110 valence electrons. The minimum Gasteiger partial charge on any atom is -0.497 e. The van der Waals surface area contributed by atoms with Gasteiger partial charge in [0.2, 0.25) is 0 Å². The van der Waals surface area contributed by atoms with E-state index in [4.69, 9.17) is 9.47 Å². The van der Waals surface area contributed by atoms with Crippen molar-refractivity contribution in [2.45, 2.75) is 19.8 Å². The zero-order valence-electron chi connectivity index (χ0n) is 12.6. The molecule has 2 aromatic carbocycles. The number of ketones is 1. The molecule has 0 heterocycles. The number of carbonyl (C=O) groups excluding carboxylic acids is 1. The van der Waals surface area contributed by atoms with Crippen LogP contribution >= 0.6 is 0 Å². The minimum absolute atomic E-state index is 0.0225. The molecule has 0 radical (unpaired) electrons. The van der Waals surface area contributed by atoms with Crippen LogP contribution in [0.15, 0.2) is 48.5 Å². The highest BCUT2D eigenvalue weighted by Crippen LogP contribution is 2.20. The third-order valence-electron chi connectivity index (χ3n) is 3.29. The van der Waals surface area contributed by atoms with E-state index in [-0.39, 0.29) is 12.4 Å². The zero-order chi connectivity index (χ0) is 15.2. The molecule has 0 unspecified atom stereocenters. The Morgan fingerprint density at radius 1 is 1.05 bits per heavy atom. The molecular formula is C18H20O3. The Labute approximate surface area is 125 Å². The fourth-order valence-corrected chi connectivity index (χ4v) is 1.99. The second kappa shape index (κ2) is 6.93. The van der Waals surface area contributed by atoms with Gasteiger partial charge in [0.15, 0.2) is 12.4 Å². The Hall–Kier alpha value is -2.29. The van der Waals surface area contributed by atoms with E-state index in [1.54, 1.807) is 25.3 Å². The van der Waals surface area contributed by atoms with Gasteiger partial charge in [-0.2, -0.15) is 0 Å². The molecule has 0 saturated heterocycles. The van der Waals surface area contributed by atoms with Crippen molar-refractivity contribution in [3.63, 3.8) is 0 Å². The van der Waals surface area contributed by atoms with Crippen molar-refractivity contribution in [1.29, 1.82) is 0 Å². The van der Waals surface area contributed by atoms with Crippen LogP contribution in [0.5, 0.6) is 11.5 Å². The Morgan fingerprint density at radius 2 is 1.76 bits per heavy atom. The molecule has 0 aliphatic rings. The third kappa shape index (κ3) is 4.09. The molecule has 2 rings (SSSR count). The van der Waals surface area contributed by atoms with E-state index >= 15 is 0 Å². The Morgan fingerprint density at radius 3 is 2.48 bits per heavy atom. The van der Waals surface area contributed by atoms with Crippen molar-refractivity contribution >= 4 is 5.78 Å². The van der Waals surface area contributed by atoms with Gasteiger partial charge >= 0.3 is 0 Å². The summed E-state index contributed by atoms with van der Waals surface area (Å²) < 4.78 is 10.7. The van der Waals surface area contributed by atoms with Crippen LogP contribution < -0.4 is 9.47 Å². The van der Waals surface area contributed by atoms with Gasteiger partial charge in [0.25, 0.3) is 0 Å². The fourth-order valence-electron chi connectivity index (χ4n) is 1.99. The van der Waals surface area contributed by atoms with Gasteiger partial charge in [0.1, 0.15) is 11.5 Å². The Balaban J connectivity index is 2.02. The Bertz CT molecular complexity index is 617. The number of ether oxygens (including phenoxy) is 2. The van der Waals surface area contributed by atoms with E-state index in [2.05, 4.69) is 19.9 Å². The lowest BCUT2D eigenvalue weighted by molar-refractivity contribution is 0.0921. The summed E-state index contributed by atoms with van der Waals surface area (Å²) in [6.07, 6.45) is 0. The maximum Gasteiger partial charge on any atom is 0.200 e. The molecule has 0 saturated carbocycles. The number of carbonyl (C=O) groups is 1. The van der Waals surface area contributed by atoms with Crippen LogP contribution in [-0.2, 0) is 0 Å². The van der Waals surface area contributed by atoms with Gasteiger partial charge in [-0.3, -0.25) is 4.79 Å². The molecular weight excluding hydrogens is 264 g/mol. The smallest absolute Gasteiger partial charge is 0.200 e. The monoisotopic (exact) mass is 284 g/mol. The van der Waals surface area contributed by atoms with Gasteiger partial charge in [0.05, 0.1) is 7.11 Å². The number of rotatable bonds is 6. The van der Waals surface area contributed by atoms with Gasteiger partial charge in [-0.25, -0.2) is 0 Å². The lowest BCUT2D eigenvalue weighted by atomic mass is 10.0. The summed E-state index contributed by atoms with van der Waals surface area (Å²) in [7, 11) is 1.58. The lowest BCUT2D eigenvalue weighted by Crippen LogP contribution is -2.11. The van der Waals surface area contributed by atoms with Gasteiger partial charge in [0, 0.05) is 5.56 Å². The zero-order valence-corrected chi connectivity index (χ0v) is 12.6. The lowest BCUT2D eigenvalue weighted by Gasteiger charge is -2.10. The molecule has 2 aromatic rings. The van der Waals surface area contributed by atoms with Crippen molar-refractivity contribution < 1.29 is 14.3 Å². The van der Waals surface area contributed by atoms with Crippen LogP contribution in [0, 0.1) is 0 Å². The number of hydrogen-bond donors (Lipinski definition) is 0.